The van der Waals surface area contributed by atoms with Gasteiger partial charge in [-0.3, -0.25) is 19.4 Å². The van der Waals surface area contributed by atoms with Crippen LogP contribution in [0.4, 0.5) is 11.4 Å². The number of nitrogens with zero attached hydrogens (tertiary/aromatic N) is 6. The number of hydrogen-bond acceptors (Lipinski definition) is 5. The quantitative estimate of drug-likeness (QED) is 0.174. The number of halogens is 3. The number of piperazine rings is 1. The second-order valence-corrected chi connectivity index (χ2v) is 15.5. The van der Waals surface area contributed by atoms with Crippen LogP contribution in [0.15, 0.2) is 128 Å². The third-order valence-corrected chi connectivity index (χ3v) is 11.7. The van der Waals surface area contributed by atoms with E-state index in [1.165, 1.54) is 5.56 Å². The van der Waals surface area contributed by atoms with E-state index < -0.39 is 0 Å². The molecule has 7 aromatic rings. The number of hydrogen-bond donors (Lipinski definition) is 1. The number of likely N-dealkylation sites (N-methyl/N-ethyl adjacent to an activating group) is 1. The number of fused-ring (bicyclic) bond motifs is 3. The maximum Gasteiger partial charge on any atom is 0.265 e. The van der Waals surface area contributed by atoms with E-state index in [2.05, 4.69) is 35.0 Å². The highest BCUT2D eigenvalue weighted by atomic mass is 35.5. The lowest BCUT2D eigenvalue weighted by Gasteiger charge is -2.41. The molecule has 12 heteroatoms. The van der Waals surface area contributed by atoms with E-state index in [1.807, 2.05) is 100 Å². The van der Waals surface area contributed by atoms with Crippen molar-refractivity contribution in [2.24, 2.45) is 7.05 Å². The van der Waals surface area contributed by atoms with Gasteiger partial charge < -0.3 is 23.9 Å². The molecule has 1 atom stereocenters. The van der Waals surface area contributed by atoms with E-state index in [0.717, 1.165) is 55.6 Å². The molecular formula is C46H45Cl3N6O3. The maximum absolute atomic E-state index is 15.1. The summed E-state index contributed by atoms with van der Waals surface area (Å²) in [5.41, 5.74) is 7.81. The second-order valence-electron chi connectivity index (χ2n) is 15.1. The molecular weight excluding hydrogens is 791 g/mol. The minimum Gasteiger partial charge on any atom is -0.508 e. The van der Waals surface area contributed by atoms with Gasteiger partial charge in [0.1, 0.15) is 5.75 Å². The molecule has 0 bridgehead atoms. The Morgan fingerprint density at radius 2 is 1.47 bits per heavy atom. The number of rotatable bonds is 7. The number of anilines is 2. The van der Waals surface area contributed by atoms with Gasteiger partial charge in [-0.1, -0.05) is 41.9 Å². The Morgan fingerprint density at radius 3 is 2.24 bits per heavy atom. The fourth-order valence-corrected chi connectivity index (χ4v) is 8.60. The molecule has 58 heavy (non-hydrogen) atoms. The molecule has 0 radical (unpaired) electrons. The zero-order chi connectivity index (χ0) is 38.5. The van der Waals surface area contributed by atoms with Gasteiger partial charge in [0, 0.05) is 103 Å². The first kappa shape index (κ1) is 40.9. The molecule has 1 saturated heterocycles. The lowest BCUT2D eigenvalue weighted by atomic mass is 9.92. The minimum atomic E-state index is -0.254. The topological polar surface area (TPSA) is 76.7 Å². The fourth-order valence-electron chi connectivity index (χ4n) is 8.43. The van der Waals surface area contributed by atoms with E-state index >= 15 is 9.59 Å². The summed E-state index contributed by atoms with van der Waals surface area (Å²) in [6.07, 6.45) is 4.70. The molecule has 0 saturated carbocycles. The van der Waals surface area contributed by atoms with Crippen molar-refractivity contribution in [1.82, 2.24) is 23.7 Å². The Kier molecular flexibility index (Phi) is 11.9. The number of carbonyl (C=O) groups is 2. The van der Waals surface area contributed by atoms with E-state index in [0.29, 0.717) is 50.8 Å². The summed E-state index contributed by atoms with van der Waals surface area (Å²) < 4.78 is 4.01. The van der Waals surface area contributed by atoms with E-state index in [-0.39, 0.29) is 48.4 Å². The molecule has 5 heterocycles. The first-order valence-electron chi connectivity index (χ1n) is 19.1. The van der Waals surface area contributed by atoms with Gasteiger partial charge in [-0.2, -0.15) is 0 Å². The standard InChI is InChI=1S/C46H43ClN6O3.2ClH/c1-48-21-23-50(24-22-48)30-37-25-31-7-3-4-8-33(31)29-52(37)45(55)39-16-10-34(47)27-40(39)44-28-41(43-9-5-6-19-51(43)44)46(56)53(35-11-14-38(54)15-12-35)36-13-17-42-32(26-36)18-20-49(42)2;;/h3-20,26-28,37,54H,21-25,29-30H2,1-2H3;2*1H/t37-;;/m0../s1. The number of carbonyl (C=O) groups excluding carboxylic acids is 2. The molecule has 4 aromatic carbocycles. The lowest BCUT2D eigenvalue weighted by molar-refractivity contribution is 0.0536. The average Bonchev–Trinajstić information content (AvgIpc) is 3.79. The monoisotopic (exact) mass is 834 g/mol. The largest absolute Gasteiger partial charge is 0.508 e. The molecule has 9 nitrogen and oxygen atoms in total. The molecule has 3 aromatic heterocycles. The van der Waals surface area contributed by atoms with Crippen LogP contribution in [-0.4, -0.2) is 86.4 Å². The van der Waals surface area contributed by atoms with Crippen molar-refractivity contribution < 1.29 is 14.7 Å². The van der Waals surface area contributed by atoms with Crippen molar-refractivity contribution in [2.75, 3.05) is 44.7 Å². The number of amides is 2. The zero-order valence-electron chi connectivity index (χ0n) is 32.3. The number of aryl methyl sites for hydroxylation is 1. The van der Waals surface area contributed by atoms with Crippen LogP contribution in [0.3, 0.4) is 0 Å². The third kappa shape index (κ3) is 7.68. The van der Waals surface area contributed by atoms with E-state index in [4.69, 9.17) is 11.6 Å². The summed E-state index contributed by atoms with van der Waals surface area (Å²) in [7, 11) is 4.15. The van der Waals surface area contributed by atoms with Crippen molar-refractivity contribution in [3.8, 4) is 17.0 Å². The van der Waals surface area contributed by atoms with Gasteiger partial charge in [-0.05, 0) is 110 Å². The molecule has 1 fully saturated rings. The molecule has 0 unspecified atom stereocenters. The molecule has 0 spiro atoms. The average molecular weight is 836 g/mol. The van der Waals surface area contributed by atoms with Crippen LogP contribution in [0.2, 0.25) is 5.02 Å². The summed E-state index contributed by atoms with van der Waals surface area (Å²) in [6.45, 7) is 5.26. The molecule has 0 aliphatic carbocycles. The van der Waals surface area contributed by atoms with Crippen LogP contribution in [0.1, 0.15) is 31.8 Å². The third-order valence-electron chi connectivity index (χ3n) is 11.5. The highest BCUT2D eigenvalue weighted by Gasteiger charge is 2.34. The summed E-state index contributed by atoms with van der Waals surface area (Å²) in [5.74, 6) is -0.209. The predicted molar refractivity (Wildman–Crippen MR) is 238 cm³/mol. The Morgan fingerprint density at radius 1 is 0.741 bits per heavy atom. The lowest BCUT2D eigenvalue weighted by Crippen LogP contribution is -2.53. The fraction of sp³-hybridized carbons (Fsp3) is 0.217. The van der Waals surface area contributed by atoms with Crippen LogP contribution < -0.4 is 4.90 Å². The number of phenols is 1. The van der Waals surface area contributed by atoms with Crippen LogP contribution in [0, 0.1) is 0 Å². The summed E-state index contributed by atoms with van der Waals surface area (Å²) >= 11 is 6.74. The Balaban J connectivity index is 0.00000256. The van der Waals surface area contributed by atoms with Crippen molar-refractivity contribution in [2.45, 2.75) is 19.0 Å². The Hall–Kier alpha value is -5.29. The Labute approximate surface area is 355 Å². The smallest absolute Gasteiger partial charge is 0.265 e. The molecule has 2 aliphatic rings. The molecule has 2 aliphatic heterocycles. The summed E-state index contributed by atoms with van der Waals surface area (Å²) in [6, 6.07) is 36.1. The normalized spacial score (nSPS) is 15.8. The zero-order valence-corrected chi connectivity index (χ0v) is 34.7. The van der Waals surface area contributed by atoms with Crippen LogP contribution >= 0.6 is 36.4 Å². The van der Waals surface area contributed by atoms with Crippen molar-refractivity contribution >= 4 is 76.0 Å². The molecule has 298 valence electrons. The van der Waals surface area contributed by atoms with Crippen molar-refractivity contribution in [3.63, 3.8) is 0 Å². The van der Waals surface area contributed by atoms with Crippen molar-refractivity contribution in [1.29, 1.82) is 0 Å². The van der Waals surface area contributed by atoms with Crippen LogP contribution in [0.5, 0.6) is 5.75 Å². The summed E-state index contributed by atoms with van der Waals surface area (Å²) in [4.78, 5) is 38.7. The van der Waals surface area contributed by atoms with E-state index in [9.17, 15) is 5.11 Å². The highest BCUT2D eigenvalue weighted by Crippen LogP contribution is 2.37. The molecule has 1 N–H and O–H groups in total. The van der Waals surface area contributed by atoms with Crippen LogP contribution in [0.25, 0.3) is 27.7 Å². The predicted octanol–water partition coefficient (Wildman–Crippen LogP) is 9.09. The molecule has 2 amide bonds. The second kappa shape index (κ2) is 16.9. The minimum absolute atomic E-state index is 0. The SMILES string of the molecule is CN1CCN(C[C@@H]2Cc3ccccc3CN2C(=O)c2ccc(Cl)cc2-c2cc(C(=O)N(c3ccc(O)cc3)c3ccc4c(ccn4C)c3)c3ccccn23)CC1.Cl.Cl. The number of phenolic OH excluding ortho intramolecular Hbond substituents is 1. The van der Waals surface area contributed by atoms with Gasteiger partial charge in [0.05, 0.1) is 16.8 Å². The summed E-state index contributed by atoms with van der Waals surface area (Å²) in [5, 5.41) is 11.7. The Bertz CT molecular complexity index is 2610. The van der Waals surface area contributed by atoms with Gasteiger partial charge >= 0.3 is 0 Å². The number of aromatic hydroxyl groups is 1. The first-order valence-corrected chi connectivity index (χ1v) is 19.5. The number of aromatic nitrogens is 2. The number of pyridine rings is 1. The van der Waals surface area contributed by atoms with Gasteiger partial charge in [0.2, 0.25) is 0 Å². The van der Waals surface area contributed by atoms with Gasteiger partial charge in [0.15, 0.2) is 0 Å². The van der Waals surface area contributed by atoms with E-state index in [1.54, 1.807) is 35.2 Å². The van der Waals surface area contributed by atoms with Gasteiger partial charge in [-0.15, -0.1) is 24.8 Å². The van der Waals surface area contributed by atoms with Crippen molar-refractivity contribution in [3.05, 3.63) is 155 Å². The highest BCUT2D eigenvalue weighted by molar-refractivity contribution is 6.31. The van der Waals surface area contributed by atoms with Crippen LogP contribution in [-0.2, 0) is 20.0 Å². The first-order chi connectivity index (χ1) is 27.2. The van der Waals surface area contributed by atoms with Gasteiger partial charge in [0.25, 0.3) is 11.8 Å². The maximum atomic E-state index is 15.1. The van der Waals surface area contributed by atoms with Gasteiger partial charge in [-0.25, -0.2) is 0 Å². The molecule has 9 rings (SSSR count). The number of benzene rings is 4.